The van der Waals surface area contributed by atoms with Crippen LogP contribution in [-0.2, 0) is 0 Å². The van der Waals surface area contributed by atoms with E-state index >= 15 is 0 Å². The summed E-state index contributed by atoms with van der Waals surface area (Å²) in [5.74, 6) is 0. The molecule has 182 valence electrons. The normalized spacial score (nSPS) is 18.8. The van der Waals surface area contributed by atoms with Gasteiger partial charge in [-0.25, -0.2) is 15.0 Å². The van der Waals surface area contributed by atoms with Gasteiger partial charge in [0.2, 0.25) is 0 Å². The molecule has 0 amide bonds. The number of anilines is 1. The average Bonchev–Trinajstić information content (AvgIpc) is 3.58. The molecule has 0 aliphatic carbocycles. The maximum Gasteiger partial charge on any atom is 0.156 e. The molecule has 8 nitrogen and oxygen atoms in total. The van der Waals surface area contributed by atoms with Crippen LogP contribution in [0.15, 0.2) is 61.2 Å². The molecule has 3 N–H and O–H groups in total. The van der Waals surface area contributed by atoms with E-state index in [2.05, 4.69) is 72.5 Å². The Labute approximate surface area is 209 Å². The summed E-state index contributed by atoms with van der Waals surface area (Å²) in [4.78, 5) is 20.2. The molecule has 2 fully saturated rings. The number of aromatic amines is 1. The third-order valence-corrected chi connectivity index (χ3v) is 7.55. The summed E-state index contributed by atoms with van der Waals surface area (Å²) in [5.41, 5.74) is 9.30. The van der Waals surface area contributed by atoms with E-state index in [1.165, 1.54) is 24.0 Å². The van der Waals surface area contributed by atoms with Crippen molar-refractivity contribution in [3.05, 3.63) is 61.2 Å². The number of fused-ring (bicyclic) bond motifs is 2. The van der Waals surface area contributed by atoms with Gasteiger partial charge in [0.05, 0.1) is 29.3 Å². The molecule has 0 radical (unpaired) electrons. The van der Waals surface area contributed by atoms with Gasteiger partial charge in [-0.3, -0.25) is 0 Å². The molecule has 2 aromatic carbocycles. The van der Waals surface area contributed by atoms with Crippen LogP contribution >= 0.6 is 0 Å². The molecule has 2 aliphatic heterocycles. The molecule has 2 aliphatic rings. The summed E-state index contributed by atoms with van der Waals surface area (Å²) >= 11 is 0. The minimum atomic E-state index is 0.441. The quantitative estimate of drug-likeness (QED) is 0.362. The summed E-state index contributed by atoms with van der Waals surface area (Å²) < 4.78 is 2.33. The summed E-state index contributed by atoms with van der Waals surface area (Å²) in [7, 11) is 0. The van der Waals surface area contributed by atoms with E-state index in [1.807, 2.05) is 18.7 Å². The third kappa shape index (κ3) is 3.83. The molecular weight excluding hydrogens is 448 g/mol. The van der Waals surface area contributed by atoms with Gasteiger partial charge in [-0.2, -0.15) is 0 Å². The molecule has 3 aromatic heterocycles. The van der Waals surface area contributed by atoms with Crippen LogP contribution < -0.4 is 15.5 Å². The number of aromatic nitrogens is 5. The van der Waals surface area contributed by atoms with Crippen molar-refractivity contribution < 1.29 is 0 Å². The van der Waals surface area contributed by atoms with Gasteiger partial charge in [-0.15, -0.1) is 0 Å². The summed E-state index contributed by atoms with van der Waals surface area (Å²) in [6.45, 7) is 6.16. The molecule has 1 atom stereocenters. The first-order valence-corrected chi connectivity index (χ1v) is 12.9. The number of hydrogen-bond donors (Lipinski definition) is 3. The van der Waals surface area contributed by atoms with Crippen LogP contribution in [-0.4, -0.2) is 63.8 Å². The van der Waals surface area contributed by atoms with Gasteiger partial charge in [0, 0.05) is 61.8 Å². The Morgan fingerprint density at radius 1 is 0.917 bits per heavy atom. The van der Waals surface area contributed by atoms with E-state index < -0.39 is 0 Å². The zero-order valence-corrected chi connectivity index (χ0v) is 20.2. The van der Waals surface area contributed by atoms with Crippen molar-refractivity contribution in [1.29, 1.82) is 0 Å². The second-order valence-electron chi connectivity index (χ2n) is 9.80. The third-order valence-electron chi connectivity index (χ3n) is 7.55. The van der Waals surface area contributed by atoms with Gasteiger partial charge in [0.15, 0.2) is 5.65 Å². The molecule has 0 bridgehead atoms. The highest BCUT2D eigenvalue weighted by molar-refractivity contribution is 5.94. The van der Waals surface area contributed by atoms with E-state index in [1.54, 1.807) is 0 Å². The molecule has 5 heterocycles. The van der Waals surface area contributed by atoms with E-state index in [4.69, 9.17) is 9.97 Å². The highest BCUT2D eigenvalue weighted by atomic mass is 15.2. The van der Waals surface area contributed by atoms with Gasteiger partial charge < -0.3 is 25.1 Å². The van der Waals surface area contributed by atoms with Crippen molar-refractivity contribution in [2.75, 3.05) is 44.2 Å². The molecule has 36 heavy (non-hydrogen) atoms. The zero-order chi connectivity index (χ0) is 23.9. The van der Waals surface area contributed by atoms with Gasteiger partial charge in [0.25, 0.3) is 0 Å². The predicted octanol–water partition coefficient (Wildman–Crippen LogP) is 3.98. The van der Waals surface area contributed by atoms with Gasteiger partial charge >= 0.3 is 0 Å². The van der Waals surface area contributed by atoms with Crippen molar-refractivity contribution in [3.63, 3.8) is 0 Å². The van der Waals surface area contributed by atoms with Crippen molar-refractivity contribution in [3.8, 4) is 22.4 Å². The zero-order valence-electron chi connectivity index (χ0n) is 20.2. The van der Waals surface area contributed by atoms with Gasteiger partial charge in [-0.1, -0.05) is 18.2 Å². The Bertz CT molecular complexity index is 1520. The van der Waals surface area contributed by atoms with Crippen LogP contribution in [0.4, 0.5) is 5.69 Å². The molecule has 2 saturated heterocycles. The Morgan fingerprint density at radius 3 is 2.75 bits per heavy atom. The number of imidazole rings is 1. The standard InChI is InChI=1S/C28H30N8/c1-3-20(13-21(4-1)35-11-9-29-10-12-35)25-17-32-28-27(34-25)23(16-31-28)19-6-7-24-26(14-19)36(18-33-24)22-5-2-8-30-15-22/h1,3-4,6-7,13-14,16-18,22,29-30H,2,5,8-12,15H2,(H,31,32). The number of rotatable bonds is 4. The van der Waals surface area contributed by atoms with E-state index in [0.29, 0.717) is 6.04 Å². The minimum Gasteiger partial charge on any atom is -0.369 e. The van der Waals surface area contributed by atoms with Gasteiger partial charge in [-0.05, 0) is 49.2 Å². The molecule has 7 rings (SSSR count). The smallest absolute Gasteiger partial charge is 0.156 e. The molecule has 1 unspecified atom stereocenters. The summed E-state index contributed by atoms with van der Waals surface area (Å²) in [6.07, 6.45) is 8.26. The molecule has 0 saturated carbocycles. The van der Waals surface area contributed by atoms with Crippen molar-refractivity contribution in [1.82, 2.24) is 35.1 Å². The van der Waals surface area contributed by atoms with Gasteiger partial charge in [0.1, 0.15) is 5.52 Å². The second-order valence-corrected chi connectivity index (χ2v) is 9.80. The highest BCUT2D eigenvalue weighted by Gasteiger charge is 2.19. The van der Waals surface area contributed by atoms with Crippen molar-refractivity contribution in [2.24, 2.45) is 0 Å². The van der Waals surface area contributed by atoms with Crippen LogP contribution in [0.1, 0.15) is 18.9 Å². The highest BCUT2D eigenvalue weighted by Crippen LogP contribution is 2.32. The van der Waals surface area contributed by atoms with Crippen LogP contribution in [0, 0.1) is 0 Å². The summed E-state index contributed by atoms with van der Waals surface area (Å²) in [5, 5.41) is 6.95. The maximum absolute atomic E-state index is 5.09. The molecular formula is C28H30N8. The van der Waals surface area contributed by atoms with Crippen LogP contribution in [0.25, 0.3) is 44.6 Å². The van der Waals surface area contributed by atoms with E-state index in [0.717, 1.165) is 78.3 Å². The first kappa shape index (κ1) is 21.5. The number of nitrogens with zero attached hydrogens (tertiary/aromatic N) is 5. The lowest BCUT2D eigenvalue weighted by Gasteiger charge is -2.29. The lowest BCUT2D eigenvalue weighted by Crippen LogP contribution is -2.43. The number of hydrogen-bond acceptors (Lipinski definition) is 6. The molecule has 8 heteroatoms. The van der Waals surface area contributed by atoms with Crippen molar-refractivity contribution >= 4 is 27.9 Å². The largest absolute Gasteiger partial charge is 0.369 e. The first-order chi connectivity index (χ1) is 17.8. The Hall–Kier alpha value is -3.75. The average molecular weight is 479 g/mol. The summed E-state index contributed by atoms with van der Waals surface area (Å²) in [6, 6.07) is 15.6. The number of piperazine rings is 1. The fraction of sp³-hybridized carbons (Fsp3) is 0.321. The Morgan fingerprint density at radius 2 is 1.86 bits per heavy atom. The lowest BCUT2D eigenvalue weighted by molar-refractivity contribution is 0.378. The van der Waals surface area contributed by atoms with Crippen LogP contribution in [0.3, 0.4) is 0 Å². The number of H-pyrrole nitrogens is 1. The predicted molar refractivity (Wildman–Crippen MR) is 144 cm³/mol. The molecule has 0 spiro atoms. The SMILES string of the molecule is c1cc(-c2cnc3[nH]cc(-c4ccc5ncn(C6CCCNC6)c5c4)c3n2)cc(N2CCNCC2)c1. The minimum absolute atomic E-state index is 0.441. The van der Waals surface area contributed by atoms with Crippen LogP contribution in [0.5, 0.6) is 0 Å². The fourth-order valence-corrected chi connectivity index (χ4v) is 5.59. The topological polar surface area (TPSA) is 86.7 Å². The van der Waals surface area contributed by atoms with Crippen LogP contribution in [0.2, 0.25) is 0 Å². The monoisotopic (exact) mass is 478 g/mol. The molecule has 5 aromatic rings. The fourth-order valence-electron chi connectivity index (χ4n) is 5.59. The first-order valence-electron chi connectivity index (χ1n) is 12.9. The van der Waals surface area contributed by atoms with E-state index in [9.17, 15) is 0 Å². The number of benzene rings is 2. The lowest BCUT2D eigenvalue weighted by atomic mass is 10.1. The number of nitrogens with one attached hydrogen (secondary N) is 3. The van der Waals surface area contributed by atoms with E-state index in [-0.39, 0.29) is 0 Å². The maximum atomic E-state index is 5.09. The Kier molecular flexibility index (Phi) is 5.40. The Balaban J connectivity index is 1.27. The number of piperidine rings is 1. The van der Waals surface area contributed by atoms with Crippen molar-refractivity contribution in [2.45, 2.75) is 18.9 Å². The second kappa shape index (κ2) is 9.04.